The fraction of sp³-hybridized carbons (Fsp3) is 0.0625. The number of nitrogens with two attached hydrogens (primary N) is 1. The Morgan fingerprint density at radius 2 is 1.81 bits per heavy atom. The van der Waals surface area contributed by atoms with Gasteiger partial charge in [0.25, 0.3) is 0 Å². The van der Waals surface area contributed by atoms with E-state index in [9.17, 15) is 4.79 Å². The Bertz CT molecular complexity index is 914. The van der Waals surface area contributed by atoms with E-state index in [1.54, 1.807) is 24.3 Å². The summed E-state index contributed by atoms with van der Waals surface area (Å²) in [5, 5.41) is 0.465. The zero-order valence-corrected chi connectivity index (χ0v) is 11.0. The van der Waals surface area contributed by atoms with Crippen LogP contribution in [-0.2, 0) is 0 Å². The molecule has 0 radical (unpaired) electrons. The summed E-state index contributed by atoms with van der Waals surface area (Å²) in [4.78, 5) is 12.3. The molecule has 0 saturated carbocycles. The van der Waals surface area contributed by atoms with Crippen molar-refractivity contribution in [3.8, 4) is 22.8 Å². The summed E-state index contributed by atoms with van der Waals surface area (Å²) in [5.74, 6) is 1.61. The molecule has 0 amide bonds. The molecule has 2 heterocycles. The van der Waals surface area contributed by atoms with Crippen LogP contribution in [0.2, 0.25) is 0 Å². The van der Waals surface area contributed by atoms with Crippen LogP contribution in [0.5, 0.6) is 11.5 Å². The van der Waals surface area contributed by atoms with Gasteiger partial charge in [-0.05, 0) is 18.2 Å². The van der Waals surface area contributed by atoms with Crippen LogP contribution in [0, 0.1) is 0 Å². The normalized spacial score (nSPS) is 12.8. The van der Waals surface area contributed by atoms with Crippen LogP contribution in [-0.4, -0.2) is 6.79 Å². The Hall–Kier alpha value is -2.95. The Kier molecular flexibility index (Phi) is 2.41. The molecule has 5 heteroatoms. The third-order valence-corrected chi connectivity index (χ3v) is 3.39. The number of hydrogen-bond donors (Lipinski definition) is 1. The highest BCUT2D eigenvalue weighted by atomic mass is 16.7. The van der Waals surface area contributed by atoms with Crippen LogP contribution in [0.15, 0.2) is 51.7 Å². The van der Waals surface area contributed by atoms with E-state index in [-0.39, 0.29) is 12.2 Å². The lowest BCUT2D eigenvalue weighted by molar-refractivity contribution is 0.174. The van der Waals surface area contributed by atoms with E-state index in [1.807, 2.05) is 12.1 Å². The predicted molar refractivity (Wildman–Crippen MR) is 78.5 cm³/mol. The molecule has 0 unspecified atom stereocenters. The zero-order chi connectivity index (χ0) is 14.4. The predicted octanol–water partition coefficient (Wildman–Crippen LogP) is 2.77. The van der Waals surface area contributed by atoms with Gasteiger partial charge in [-0.1, -0.05) is 12.1 Å². The van der Waals surface area contributed by atoms with E-state index in [1.165, 1.54) is 6.07 Å². The first kappa shape index (κ1) is 11.8. The van der Waals surface area contributed by atoms with Gasteiger partial charge >= 0.3 is 0 Å². The maximum atomic E-state index is 12.3. The van der Waals surface area contributed by atoms with Gasteiger partial charge in [0.05, 0.1) is 5.39 Å². The first-order valence-corrected chi connectivity index (χ1v) is 6.44. The van der Waals surface area contributed by atoms with Crippen LogP contribution >= 0.6 is 0 Å². The van der Waals surface area contributed by atoms with Crippen LogP contribution in [0.25, 0.3) is 22.3 Å². The highest BCUT2D eigenvalue weighted by Gasteiger charge is 2.17. The van der Waals surface area contributed by atoms with E-state index in [2.05, 4.69) is 0 Å². The van der Waals surface area contributed by atoms with Gasteiger partial charge in [0.1, 0.15) is 11.3 Å². The van der Waals surface area contributed by atoms with Gasteiger partial charge in [0.15, 0.2) is 16.9 Å². The van der Waals surface area contributed by atoms with E-state index < -0.39 is 0 Å². The molecule has 5 nitrogen and oxygen atoms in total. The number of benzene rings is 2. The van der Waals surface area contributed by atoms with Gasteiger partial charge in [0, 0.05) is 23.4 Å². The van der Waals surface area contributed by atoms with Crippen molar-refractivity contribution in [2.75, 3.05) is 12.5 Å². The minimum atomic E-state index is -0.132. The number of anilines is 1. The molecule has 1 aromatic heterocycles. The lowest BCUT2D eigenvalue weighted by Gasteiger charge is -2.05. The first-order chi connectivity index (χ1) is 10.2. The molecular formula is C16H11NO4. The molecule has 21 heavy (non-hydrogen) atoms. The van der Waals surface area contributed by atoms with Crippen molar-refractivity contribution >= 4 is 16.7 Å². The number of fused-ring (bicyclic) bond motifs is 2. The lowest BCUT2D eigenvalue weighted by Crippen LogP contribution is -2.00. The summed E-state index contributed by atoms with van der Waals surface area (Å²) >= 11 is 0. The van der Waals surface area contributed by atoms with Crippen molar-refractivity contribution in [2.45, 2.75) is 0 Å². The summed E-state index contributed by atoms with van der Waals surface area (Å²) in [6.45, 7) is 0.155. The fourth-order valence-electron chi connectivity index (χ4n) is 2.38. The second kappa shape index (κ2) is 4.28. The Morgan fingerprint density at radius 3 is 2.62 bits per heavy atom. The number of rotatable bonds is 1. The molecule has 0 bridgehead atoms. The molecule has 3 aromatic rings. The number of nitrogen functional groups attached to an aromatic ring is 1. The summed E-state index contributed by atoms with van der Waals surface area (Å²) in [5.41, 5.74) is 7.46. The molecule has 2 aromatic carbocycles. The van der Waals surface area contributed by atoms with Crippen molar-refractivity contribution in [3.05, 3.63) is 52.7 Å². The Labute approximate surface area is 119 Å². The molecule has 2 N–H and O–H groups in total. The average Bonchev–Trinajstić information content (AvgIpc) is 2.92. The Balaban J connectivity index is 1.97. The van der Waals surface area contributed by atoms with Crippen molar-refractivity contribution in [1.82, 2.24) is 0 Å². The molecule has 0 atom stereocenters. The third kappa shape index (κ3) is 1.90. The van der Waals surface area contributed by atoms with Crippen molar-refractivity contribution in [3.63, 3.8) is 0 Å². The van der Waals surface area contributed by atoms with E-state index in [0.717, 1.165) is 5.56 Å². The van der Waals surface area contributed by atoms with Gasteiger partial charge in [-0.15, -0.1) is 0 Å². The second-order valence-corrected chi connectivity index (χ2v) is 4.80. The van der Waals surface area contributed by atoms with Crippen LogP contribution in [0.1, 0.15) is 0 Å². The summed E-state index contributed by atoms with van der Waals surface area (Å²) in [7, 11) is 0. The molecule has 0 saturated heterocycles. The maximum Gasteiger partial charge on any atom is 0.231 e. The minimum Gasteiger partial charge on any atom is -0.456 e. The van der Waals surface area contributed by atoms with Gasteiger partial charge in [-0.25, -0.2) is 0 Å². The number of hydrogen-bond acceptors (Lipinski definition) is 5. The molecule has 104 valence electrons. The van der Waals surface area contributed by atoms with E-state index >= 15 is 0 Å². The molecule has 4 rings (SSSR count). The number of ether oxygens (including phenoxy) is 2. The molecular weight excluding hydrogens is 270 g/mol. The lowest BCUT2D eigenvalue weighted by atomic mass is 10.1. The highest BCUT2D eigenvalue weighted by molar-refractivity contribution is 5.83. The van der Waals surface area contributed by atoms with Crippen LogP contribution < -0.4 is 20.6 Å². The molecule has 0 spiro atoms. The van der Waals surface area contributed by atoms with E-state index in [4.69, 9.17) is 19.6 Å². The molecule has 1 aliphatic heterocycles. The van der Waals surface area contributed by atoms with Crippen molar-refractivity contribution in [2.24, 2.45) is 0 Å². The first-order valence-electron chi connectivity index (χ1n) is 6.44. The van der Waals surface area contributed by atoms with Crippen molar-refractivity contribution < 1.29 is 13.9 Å². The smallest absolute Gasteiger partial charge is 0.231 e. The van der Waals surface area contributed by atoms with Crippen LogP contribution in [0.3, 0.4) is 0 Å². The zero-order valence-electron chi connectivity index (χ0n) is 11.0. The minimum absolute atomic E-state index is 0.132. The van der Waals surface area contributed by atoms with Crippen LogP contribution in [0.4, 0.5) is 5.69 Å². The molecule has 1 aliphatic rings. The maximum absolute atomic E-state index is 12.3. The topological polar surface area (TPSA) is 74.7 Å². The van der Waals surface area contributed by atoms with Gasteiger partial charge in [-0.3, -0.25) is 4.79 Å². The Morgan fingerprint density at radius 1 is 1.00 bits per heavy atom. The summed E-state index contributed by atoms with van der Waals surface area (Å²) in [6.07, 6.45) is 0. The molecule has 0 aliphatic carbocycles. The standard InChI is InChI=1S/C16H11NO4/c17-10-3-1-2-9(4-10)13-6-12(18)11-5-15-16(20-8-19-15)7-14(11)21-13/h1-7H,8,17H2. The largest absolute Gasteiger partial charge is 0.456 e. The van der Waals surface area contributed by atoms with Gasteiger partial charge in [0.2, 0.25) is 6.79 Å². The van der Waals surface area contributed by atoms with Gasteiger partial charge < -0.3 is 19.6 Å². The fourth-order valence-corrected chi connectivity index (χ4v) is 2.38. The third-order valence-electron chi connectivity index (χ3n) is 3.39. The average molecular weight is 281 g/mol. The molecule has 0 fully saturated rings. The van der Waals surface area contributed by atoms with Gasteiger partial charge in [-0.2, -0.15) is 0 Å². The highest BCUT2D eigenvalue weighted by Crippen LogP contribution is 2.36. The SMILES string of the molecule is Nc1cccc(-c2cc(=O)c3cc4c(cc3o2)OCO4)c1. The quantitative estimate of drug-likeness (QED) is 0.694. The monoisotopic (exact) mass is 281 g/mol. The summed E-state index contributed by atoms with van der Waals surface area (Å²) in [6, 6.07) is 12.0. The summed E-state index contributed by atoms with van der Waals surface area (Å²) < 4.78 is 16.4. The van der Waals surface area contributed by atoms with E-state index in [0.29, 0.717) is 33.9 Å². The van der Waals surface area contributed by atoms with Crippen molar-refractivity contribution in [1.29, 1.82) is 0 Å². The second-order valence-electron chi connectivity index (χ2n) is 4.80.